The van der Waals surface area contributed by atoms with Crippen LogP contribution in [0.25, 0.3) is 10.8 Å². The first-order valence-electron chi connectivity index (χ1n) is 9.61. The van der Waals surface area contributed by atoms with Crippen LogP contribution in [-0.4, -0.2) is 43.5 Å². The van der Waals surface area contributed by atoms with Crippen molar-refractivity contribution < 1.29 is 4.79 Å². The van der Waals surface area contributed by atoms with Crippen LogP contribution < -0.4 is 10.2 Å². The second kappa shape index (κ2) is 7.80. The van der Waals surface area contributed by atoms with Crippen molar-refractivity contribution in [1.29, 1.82) is 0 Å². The fourth-order valence-corrected chi connectivity index (χ4v) is 3.77. The number of hydrogen-bond donors (Lipinski definition) is 1. The average molecular weight is 359 g/mol. The first-order chi connectivity index (χ1) is 13.3. The zero-order chi connectivity index (χ0) is 18.6. The third kappa shape index (κ3) is 3.67. The molecule has 1 aliphatic rings. The lowest BCUT2D eigenvalue weighted by molar-refractivity contribution is 0.102. The van der Waals surface area contributed by atoms with E-state index in [1.807, 2.05) is 60.7 Å². The number of benzene rings is 3. The maximum Gasteiger partial charge on any atom is 0.256 e. The number of carbonyl (C=O) groups excluding carboxylic acids is 1. The molecule has 0 radical (unpaired) electrons. The quantitative estimate of drug-likeness (QED) is 0.757. The lowest BCUT2D eigenvalue weighted by atomic mass is 10.0. The number of piperazine rings is 1. The molecule has 4 rings (SSSR count). The number of rotatable bonds is 4. The standard InChI is InChI=1S/C23H25N3O/c1-2-25-14-16-26(17-15-25)22-13-6-5-12-21(22)24-23(27)20-11-7-9-18-8-3-4-10-19(18)20/h3-13H,2,14-17H2,1H3,(H,24,27). The summed E-state index contributed by atoms with van der Waals surface area (Å²) >= 11 is 0. The van der Waals surface area contributed by atoms with E-state index in [4.69, 9.17) is 0 Å². The highest BCUT2D eigenvalue weighted by atomic mass is 16.1. The normalized spacial score (nSPS) is 15.1. The summed E-state index contributed by atoms with van der Waals surface area (Å²) in [4.78, 5) is 17.8. The van der Waals surface area contributed by atoms with Gasteiger partial charge in [0.05, 0.1) is 11.4 Å². The number of fused-ring (bicyclic) bond motifs is 1. The lowest BCUT2D eigenvalue weighted by Gasteiger charge is -2.36. The number of para-hydroxylation sites is 2. The first kappa shape index (κ1) is 17.6. The zero-order valence-electron chi connectivity index (χ0n) is 15.7. The Bertz CT molecular complexity index is 940. The van der Waals surface area contributed by atoms with Gasteiger partial charge in [-0.1, -0.05) is 55.5 Å². The van der Waals surface area contributed by atoms with Crippen LogP contribution in [0.3, 0.4) is 0 Å². The molecule has 0 atom stereocenters. The van der Waals surface area contributed by atoms with Gasteiger partial charge in [0.25, 0.3) is 5.91 Å². The van der Waals surface area contributed by atoms with E-state index in [1.54, 1.807) is 0 Å². The summed E-state index contributed by atoms with van der Waals surface area (Å²) in [6.45, 7) is 7.37. The van der Waals surface area contributed by atoms with Crippen molar-refractivity contribution in [2.45, 2.75) is 6.92 Å². The number of nitrogens with one attached hydrogen (secondary N) is 1. The van der Waals surface area contributed by atoms with E-state index < -0.39 is 0 Å². The summed E-state index contributed by atoms with van der Waals surface area (Å²) < 4.78 is 0. The van der Waals surface area contributed by atoms with Gasteiger partial charge in [-0.3, -0.25) is 4.79 Å². The molecule has 1 N–H and O–H groups in total. The Morgan fingerprint density at radius 2 is 1.59 bits per heavy atom. The molecule has 1 saturated heterocycles. The summed E-state index contributed by atoms with van der Waals surface area (Å²) in [5.41, 5.74) is 2.68. The van der Waals surface area contributed by atoms with Gasteiger partial charge in [-0.25, -0.2) is 0 Å². The van der Waals surface area contributed by atoms with Crippen molar-refractivity contribution in [1.82, 2.24) is 4.90 Å². The maximum atomic E-state index is 13.0. The molecular weight excluding hydrogens is 334 g/mol. The number of likely N-dealkylation sites (N-methyl/N-ethyl adjacent to an activating group) is 1. The monoisotopic (exact) mass is 359 g/mol. The molecular formula is C23H25N3O. The van der Waals surface area contributed by atoms with Gasteiger partial charge in [0.2, 0.25) is 0 Å². The van der Waals surface area contributed by atoms with Crippen LogP contribution in [0.4, 0.5) is 11.4 Å². The zero-order valence-corrected chi connectivity index (χ0v) is 15.7. The number of amides is 1. The third-order valence-electron chi connectivity index (χ3n) is 5.35. The van der Waals surface area contributed by atoms with Crippen LogP contribution in [0.15, 0.2) is 66.7 Å². The molecule has 1 heterocycles. The van der Waals surface area contributed by atoms with Crippen LogP contribution in [0, 0.1) is 0 Å². The lowest BCUT2D eigenvalue weighted by Crippen LogP contribution is -2.46. The minimum Gasteiger partial charge on any atom is -0.367 e. The minimum absolute atomic E-state index is 0.0635. The molecule has 0 aliphatic carbocycles. The van der Waals surface area contributed by atoms with Crippen LogP contribution in [-0.2, 0) is 0 Å². The minimum atomic E-state index is -0.0635. The van der Waals surface area contributed by atoms with E-state index in [-0.39, 0.29) is 5.91 Å². The highest BCUT2D eigenvalue weighted by molar-refractivity contribution is 6.13. The van der Waals surface area contributed by atoms with E-state index in [1.165, 1.54) is 0 Å². The Morgan fingerprint density at radius 1 is 0.889 bits per heavy atom. The molecule has 1 amide bonds. The van der Waals surface area contributed by atoms with Crippen LogP contribution in [0.5, 0.6) is 0 Å². The highest BCUT2D eigenvalue weighted by Gasteiger charge is 2.19. The first-order valence-corrected chi connectivity index (χ1v) is 9.61. The molecule has 3 aromatic carbocycles. The van der Waals surface area contributed by atoms with Crippen LogP contribution in [0.2, 0.25) is 0 Å². The largest absolute Gasteiger partial charge is 0.367 e. The van der Waals surface area contributed by atoms with Gasteiger partial charge in [-0.05, 0) is 35.5 Å². The molecule has 3 aromatic rings. The molecule has 27 heavy (non-hydrogen) atoms. The number of hydrogen-bond acceptors (Lipinski definition) is 3. The van der Waals surface area contributed by atoms with Crippen molar-refractivity contribution >= 4 is 28.1 Å². The highest BCUT2D eigenvalue weighted by Crippen LogP contribution is 2.28. The van der Waals surface area contributed by atoms with E-state index in [9.17, 15) is 4.79 Å². The molecule has 0 spiro atoms. The summed E-state index contributed by atoms with van der Waals surface area (Å²) in [6.07, 6.45) is 0. The molecule has 0 bridgehead atoms. The Morgan fingerprint density at radius 3 is 2.41 bits per heavy atom. The maximum absolute atomic E-state index is 13.0. The Kier molecular flexibility index (Phi) is 5.07. The molecule has 1 fully saturated rings. The molecule has 0 saturated carbocycles. The Labute approximate surface area is 160 Å². The Balaban J connectivity index is 1.59. The predicted molar refractivity (Wildman–Crippen MR) is 113 cm³/mol. The topological polar surface area (TPSA) is 35.6 Å². The molecule has 0 unspecified atom stereocenters. The van der Waals surface area contributed by atoms with Crippen molar-refractivity contribution in [2.24, 2.45) is 0 Å². The average Bonchev–Trinajstić information content (AvgIpc) is 2.74. The molecule has 4 heteroatoms. The number of anilines is 2. The Hall–Kier alpha value is -2.85. The second-order valence-electron chi connectivity index (χ2n) is 6.92. The van der Waals surface area contributed by atoms with Crippen LogP contribution in [0.1, 0.15) is 17.3 Å². The summed E-state index contributed by atoms with van der Waals surface area (Å²) in [6, 6.07) is 22.0. The second-order valence-corrected chi connectivity index (χ2v) is 6.92. The molecule has 4 nitrogen and oxygen atoms in total. The van der Waals surface area contributed by atoms with Gasteiger partial charge in [0, 0.05) is 31.7 Å². The SMILES string of the molecule is CCN1CCN(c2ccccc2NC(=O)c2cccc3ccccc23)CC1. The van der Waals surface area contributed by atoms with Crippen molar-refractivity contribution in [3.8, 4) is 0 Å². The van der Waals surface area contributed by atoms with E-state index in [2.05, 4.69) is 28.1 Å². The third-order valence-corrected chi connectivity index (χ3v) is 5.35. The predicted octanol–water partition coefficient (Wildman–Crippen LogP) is 4.23. The number of nitrogens with zero attached hydrogens (tertiary/aromatic N) is 2. The van der Waals surface area contributed by atoms with Gasteiger partial charge in [0.15, 0.2) is 0 Å². The van der Waals surface area contributed by atoms with E-state index in [0.717, 1.165) is 54.9 Å². The van der Waals surface area contributed by atoms with E-state index >= 15 is 0 Å². The smallest absolute Gasteiger partial charge is 0.256 e. The van der Waals surface area contributed by atoms with Crippen LogP contribution >= 0.6 is 0 Å². The van der Waals surface area contributed by atoms with Gasteiger partial charge in [-0.15, -0.1) is 0 Å². The number of carbonyl (C=O) groups is 1. The summed E-state index contributed by atoms with van der Waals surface area (Å²) in [7, 11) is 0. The fraction of sp³-hybridized carbons (Fsp3) is 0.261. The summed E-state index contributed by atoms with van der Waals surface area (Å²) in [5.74, 6) is -0.0635. The van der Waals surface area contributed by atoms with Crippen molar-refractivity contribution in [3.05, 3.63) is 72.3 Å². The fourth-order valence-electron chi connectivity index (χ4n) is 3.77. The summed E-state index contributed by atoms with van der Waals surface area (Å²) in [5, 5.41) is 5.20. The van der Waals surface area contributed by atoms with Crippen molar-refractivity contribution in [3.63, 3.8) is 0 Å². The van der Waals surface area contributed by atoms with Gasteiger partial charge in [0.1, 0.15) is 0 Å². The van der Waals surface area contributed by atoms with E-state index in [0.29, 0.717) is 5.56 Å². The van der Waals surface area contributed by atoms with Gasteiger partial charge >= 0.3 is 0 Å². The van der Waals surface area contributed by atoms with Crippen molar-refractivity contribution in [2.75, 3.05) is 42.9 Å². The molecule has 1 aliphatic heterocycles. The molecule has 0 aromatic heterocycles. The molecule has 138 valence electrons. The van der Waals surface area contributed by atoms with Gasteiger partial charge in [-0.2, -0.15) is 0 Å². The van der Waals surface area contributed by atoms with Gasteiger partial charge < -0.3 is 15.1 Å².